The maximum Gasteiger partial charge on any atom is -0.0276 e. The third kappa shape index (κ3) is 12.7. The average Bonchev–Trinajstić information content (AvgIpc) is 2.45. The molecule has 0 saturated carbocycles. The van der Waals surface area contributed by atoms with Crippen LogP contribution in [0.15, 0.2) is 18.2 Å². The number of aryl methyl sites for hydroxylation is 2. The van der Waals surface area contributed by atoms with E-state index in [2.05, 4.69) is 39.0 Å². The summed E-state index contributed by atoms with van der Waals surface area (Å²) >= 11 is 0. The first-order valence-corrected chi connectivity index (χ1v) is 8.80. The average molecular weight is 390 g/mol. The Bertz CT molecular complexity index is 369. The molecule has 0 aliphatic carbocycles. The van der Waals surface area contributed by atoms with E-state index in [9.17, 15) is 0 Å². The van der Waals surface area contributed by atoms with E-state index in [0.717, 1.165) is 0 Å². The van der Waals surface area contributed by atoms with Crippen LogP contribution >= 0.6 is 17.0 Å². The molecule has 0 spiro atoms. The molecule has 138 valence electrons. The zero-order valence-corrected chi connectivity index (χ0v) is 17.3. The number of benzene rings is 1. The summed E-state index contributed by atoms with van der Waals surface area (Å²) < 4.78 is 0. The van der Waals surface area contributed by atoms with Crippen LogP contribution in [0.4, 0.5) is 0 Å². The van der Waals surface area contributed by atoms with Crippen molar-refractivity contribution in [2.75, 3.05) is 0 Å². The number of rotatable bonds is 11. The molecule has 0 atom stereocenters. The molecule has 0 saturated heterocycles. The van der Waals surface area contributed by atoms with Crippen molar-refractivity contribution in [3.05, 3.63) is 34.9 Å². The summed E-state index contributed by atoms with van der Waals surface area (Å²) in [5, 5.41) is 0. The van der Waals surface area contributed by atoms with E-state index >= 15 is 0 Å². The molecule has 3 heteroatoms. The van der Waals surface area contributed by atoms with Gasteiger partial charge in [0.15, 0.2) is 0 Å². The van der Waals surface area contributed by atoms with Crippen molar-refractivity contribution < 1.29 is 5.48 Å². The Morgan fingerprint density at radius 2 is 1.22 bits per heavy atom. The number of halogens is 1. The molecule has 0 heterocycles. The smallest absolute Gasteiger partial charge is 0.0276 e. The van der Waals surface area contributed by atoms with Crippen LogP contribution in [0.3, 0.4) is 0 Å². The lowest BCUT2D eigenvalue weighted by atomic mass is 9.98. The third-order valence-electron chi connectivity index (χ3n) is 4.52. The molecule has 0 bridgehead atoms. The topological polar surface area (TPSA) is 66.5 Å². The van der Waals surface area contributed by atoms with Gasteiger partial charge in [-0.05, 0) is 43.4 Å². The fourth-order valence-electron chi connectivity index (χ4n) is 2.89. The summed E-state index contributed by atoms with van der Waals surface area (Å²) in [6, 6.07) is 6.72. The standard InChI is InChI=1S/C20H34.BrH.H3N.H2O/c1-4-5-6-7-8-9-10-11-12-13-16-20-17-14-15-18(2)19(20)3;;;/h14-15,17H,4-13,16H2,1-3H3;1H;1H3;1H2. The quantitative estimate of drug-likeness (QED) is 0.421. The van der Waals surface area contributed by atoms with Crippen molar-refractivity contribution in [2.45, 2.75) is 91.4 Å². The fourth-order valence-corrected chi connectivity index (χ4v) is 2.89. The van der Waals surface area contributed by atoms with Gasteiger partial charge in [-0.25, -0.2) is 0 Å². The first kappa shape index (κ1) is 27.5. The van der Waals surface area contributed by atoms with E-state index in [0.29, 0.717) is 0 Å². The van der Waals surface area contributed by atoms with Crippen LogP contribution in [0.25, 0.3) is 0 Å². The molecule has 23 heavy (non-hydrogen) atoms. The highest BCUT2D eigenvalue weighted by Crippen LogP contribution is 2.16. The summed E-state index contributed by atoms with van der Waals surface area (Å²) in [6.45, 7) is 6.77. The Morgan fingerprint density at radius 1 is 0.739 bits per heavy atom. The molecule has 0 aromatic heterocycles. The van der Waals surface area contributed by atoms with Gasteiger partial charge >= 0.3 is 0 Å². The van der Waals surface area contributed by atoms with Crippen LogP contribution in [0.5, 0.6) is 0 Å². The molecule has 2 nitrogen and oxygen atoms in total. The molecule has 0 radical (unpaired) electrons. The number of hydrogen-bond acceptors (Lipinski definition) is 1. The van der Waals surface area contributed by atoms with Gasteiger partial charge in [-0.2, -0.15) is 0 Å². The lowest BCUT2D eigenvalue weighted by molar-refractivity contribution is 0.556. The van der Waals surface area contributed by atoms with Crippen molar-refractivity contribution in [3.8, 4) is 0 Å². The molecular formula is C20H40BrNO. The molecule has 0 fully saturated rings. The minimum atomic E-state index is 0. The van der Waals surface area contributed by atoms with E-state index in [1.54, 1.807) is 5.56 Å². The second-order valence-corrected chi connectivity index (χ2v) is 6.29. The van der Waals surface area contributed by atoms with E-state index in [1.165, 1.54) is 81.8 Å². The highest BCUT2D eigenvalue weighted by molar-refractivity contribution is 8.93. The highest BCUT2D eigenvalue weighted by atomic mass is 79.9. The Kier molecular flexibility index (Phi) is 21.5. The first-order valence-electron chi connectivity index (χ1n) is 8.80. The minimum Gasteiger partial charge on any atom is -0.412 e. The van der Waals surface area contributed by atoms with Crippen molar-refractivity contribution in [3.63, 3.8) is 0 Å². The molecule has 0 amide bonds. The Balaban J connectivity index is -0.00000133. The van der Waals surface area contributed by atoms with Crippen LogP contribution in [0, 0.1) is 13.8 Å². The van der Waals surface area contributed by atoms with Gasteiger partial charge in [0.25, 0.3) is 0 Å². The van der Waals surface area contributed by atoms with Crippen molar-refractivity contribution in [2.24, 2.45) is 0 Å². The van der Waals surface area contributed by atoms with Gasteiger partial charge in [-0.1, -0.05) is 82.9 Å². The monoisotopic (exact) mass is 389 g/mol. The Morgan fingerprint density at radius 3 is 1.74 bits per heavy atom. The first-order chi connectivity index (χ1) is 9.75. The second kappa shape index (κ2) is 18.0. The normalized spacial score (nSPS) is 9.52. The van der Waals surface area contributed by atoms with Crippen LogP contribution in [-0.4, -0.2) is 5.48 Å². The van der Waals surface area contributed by atoms with Crippen molar-refractivity contribution in [1.82, 2.24) is 6.15 Å². The van der Waals surface area contributed by atoms with E-state index in [-0.39, 0.29) is 28.6 Å². The van der Waals surface area contributed by atoms with Gasteiger partial charge < -0.3 is 11.6 Å². The van der Waals surface area contributed by atoms with Crippen molar-refractivity contribution in [1.29, 1.82) is 0 Å². The third-order valence-corrected chi connectivity index (χ3v) is 4.52. The summed E-state index contributed by atoms with van der Waals surface area (Å²) in [4.78, 5) is 0. The van der Waals surface area contributed by atoms with Crippen LogP contribution < -0.4 is 6.15 Å². The Hall–Kier alpha value is -0.380. The molecule has 1 rings (SSSR count). The van der Waals surface area contributed by atoms with E-state index in [1.807, 2.05) is 0 Å². The molecule has 1 aromatic carbocycles. The van der Waals surface area contributed by atoms with Crippen LogP contribution in [0.2, 0.25) is 0 Å². The predicted octanol–water partition coefficient (Wildman–Crippen LogP) is 6.68. The van der Waals surface area contributed by atoms with Gasteiger partial charge in [0, 0.05) is 0 Å². The fraction of sp³-hybridized carbons (Fsp3) is 0.700. The maximum absolute atomic E-state index is 2.30. The molecule has 0 unspecified atom stereocenters. The summed E-state index contributed by atoms with van der Waals surface area (Å²) in [6.07, 6.45) is 15.5. The zero-order chi connectivity index (χ0) is 14.6. The zero-order valence-electron chi connectivity index (χ0n) is 15.6. The van der Waals surface area contributed by atoms with E-state index < -0.39 is 0 Å². The predicted molar refractivity (Wildman–Crippen MR) is 110 cm³/mol. The molecule has 0 aliphatic heterocycles. The SMILES string of the molecule is Br.CCCCCCCCCCCCc1cccc(C)c1C.N.O. The van der Waals surface area contributed by atoms with E-state index in [4.69, 9.17) is 0 Å². The maximum atomic E-state index is 2.30. The minimum absolute atomic E-state index is 0. The lowest BCUT2D eigenvalue weighted by Gasteiger charge is -2.08. The summed E-state index contributed by atoms with van der Waals surface area (Å²) in [7, 11) is 0. The number of unbranched alkanes of at least 4 members (excludes halogenated alkanes) is 9. The van der Waals surface area contributed by atoms with Gasteiger partial charge in [0.05, 0.1) is 0 Å². The molecule has 5 N–H and O–H groups in total. The Labute approximate surface area is 155 Å². The van der Waals surface area contributed by atoms with Gasteiger partial charge in [0.2, 0.25) is 0 Å². The number of hydrogen-bond donors (Lipinski definition) is 1. The summed E-state index contributed by atoms with van der Waals surface area (Å²) in [5.74, 6) is 0. The summed E-state index contributed by atoms with van der Waals surface area (Å²) in [5.41, 5.74) is 4.50. The van der Waals surface area contributed by atoms with Crippen molar-refractivity contribution >= 4 is 17.0 Å². The van der Waals surface area contributed by atoms with Gasteiger partial charge in [-0.3, -0.25) is 0 Å². The van der Waals surface area contributed by atoms with Crippen LogP contribution in [0.1, 0.15) is 87.8 Å². The molecule has 1 aromatic rings. The van der Waals surface area contributed by atoms with Gasteiger partial charge in [-0.15, -0.1) is 17.0 Å². The molecule has 0 aliphatic rings. The molecular weight excluding hydrogens is 350 g/mol. The highest BCUT2D eigenvalue weighted by Gasteiger charge is 2.00. The lowest BCUT2D eigenvalue weighted by Crippen LogP contribution is -1.92. The van der Waals surface area contributed by atoms with Crippen LogP contribution in [-0.2, 0) is 6.42 Å². The van der Waals surface area contributed by atoms with Gasteiger partial charge in [0.1, 0.15) is 0 Å². The largest absolute Gasteiger partial charge is 0.412 e. The second-order valence-electron chi connectivity index (χ2n) is 6.29.